The largest absolute Gasteiger partial charge is 0.391 e. The maximum Gasteiger partial charge on any atom is 0.0873 e. The van der Waals surface area contributed by atoms with Gasteiger partial charge in [0.1, 0.15) is 0 Å². The second-order valence-corrected chi connectivity index (χ2v) is 4.67. The molecule has 0 heterocycles. The number of hydrogen-bond acceptors (Lipinski definition) is 3. The lowest BCUT2D eigenvalue weighted by molar-refractivity contribution is 0.107. The van der Waals surface area contributed by atoms with E-state index in [4.69, 9.17) is 4.18 Å². The van der Waals surface area contributed by atoms with Crippen LogP contribution < -0.4 is 0 Å². The summed E-state index contributed by atoms with van der Waals surface area (Å²) in [5.74, 6) is 0.851. The van der Waals surface area contributed by atoms with Crippen molar-refractivity contribution in [1.82, 2.24) is 0 Å². The molecule has 0 aliphatic rings. The molecule has 0 aliphatic carbocycles. The molecule has 0 amide bonds. The summed E-state index contributed by atoms with van der Waals surface area (Å²) in [4.78, 5) is 0. The van der Waals surface area contributed by atoms with Gasteiger partial charge in [0.15, 0.2) is 0 Å². The molecule has 0 aromatic heterocycles. The van der Waals surface area contributed by atoms with Crippen molar-refractivity contribution in [3.05, 3.63) is 0 Å². The van der Waals surface area contributed by atoms with Crippen LogP contribution in [0, 0.1) is 5.92 Å². The third kappa shape index (κ3) is 9.21. The van der Waals surface area contributed by atoms with E-state index in [1.54, 1.807) is 0 Å². The van der Waals surface area contributed by atoms with Crippen LogP contribution in [0.1, 0.15) is 52.4 Å². The summed E-state index contributed by atoms with van der Waals surface area (Å²) in [5.41, 5.74) is 0. The molecular formula is C12H26O2S. The molecule has 0 bridgehead atoms. The molecule has 0 fully saturated rings. The van der Waals surface area contributed by atoms with E-state index in [0.717, 1.165) is 18.8 Å². The molecule has 2 nitrogen and oxygen atoms in total. The molecule has 2 unspecified atom stereocenters. The van der Waals surface area contributed by atoms with Gasteiger partial charge in [-0.3, -0.25) is 0 Å². The lowest BCUT2D eigenvalue weighted by Gasteiger charge is -2.15. The van der Waals surface area contributed by atoms with Crippen molar-refractivity contribution in [3.8, 4) is 0 Å². The van der Waals surface area contributed by atoms with E-state index in [0.29, 0.717) is 6.61 Å². The molecule has 3 heteroatoms. The van der Waals surface area contributed by atoms with Crippen molar-refractivity contribution < 1.29 is 9.29 Å². The maximum absolute atomic E-state index is 9.56. The minimum absolute atomic E-state index is 0.281. The predicted octanol–water partition coefficient (Wildman–Crippen LogP) is 3.64. The van der Waals surface area contributed by atoms with Gasteiger partial charge in [0.2, 0.25) is 0 Å². The summed E-state index contributed by atoms with van der Waals surface area (Å²) in [6, 6.07) is 0. The van der Waals surface area contributed by atoms with Crippen LogP contribution in [0.3, 0.4) is 0 Å². The van der Waals surface area contributed by atoms with Crippen molar-refractivity contribution >= 4 is 12.0 Å². The fraction of sp³-hybridized carbons (Fsp3) is 1.00. The molecule has 2 atom stereocenters. The Hall–Kier alpha value is 0.270. The van der Waals surface area contributed by atoms with Crippen molar-refractivity contribution in [2.45, 2.75) is 58.5 Å². The molecular weight excluding hydrogens is 208 g/mol. The molecule has 0 radical (unpaired) electrons. The topological polar surface area (TPSA) is 29.5 Å². The molecule has 0 aromatic rings. The second kappa shape index (κ2) is 10.8. The zero-order chi connectivity index (χ0) is 11.5. The Morgan fingerprint density at radius 1 is 1.20 bits per heavy atom. The van der Waals surface area contributed by atoms with E-state index in [2.05, 4.69) is 13.8 Å². The van der Waals surface area contributed by atoms with E-state index in [-0.39, 0.29) is 6.10 Å². The fourth-order valence-electron chi connectivity index (χ4n) is 1.83. The first-order valence-electron chi connectivity index (χ1n) is 6.08. The van der Waals surface area contributed by atoms with Crippen LogP contribution in [0.2, 0.25) is 0 Å². The lowest BCUT2D eigenvalue weighted by atomic mass is 9.94. The summed E-state index contributed by atoms with van der Waals surface area (Å²) in [7, 11) is 0. The van der Waals surface area contributed by atoms with Gasteiger partial charge in [0.05, 0.1) is 12.7 Å². The molecule has 0 saturated carbocycles. The van der Waals surface area contributed by atoms with Crippen LogP contribution in [0.15, 0.2) is 0 Å². The molecule has 1 N–H and O–H groups in total. The molecule has 92 valence electrons. The lowest BCUT2D eigenvalue weighted by Crippen LogP contribution is -2.13. The average Bonchev–Trinajstić information content (AvgIpc) is 2.25. The minimum Gasteiger partial charge on any atom is -0.391 e. The Kier molecular flexibility index (Phi) is 11.0. The van der Waals surface area contributed by atoms with Crippen molar-refractivity contribution in [2.24, 2.45) is 5.92 Å². The van der Waals surface area contributed by atoms with Crippen LogP contribution in [0.5, 0.6) is 0 Å². The third-order valence-corrected chi connectivity index (χ3v) is 3.17. The normalized spacial score (nSPS) is 15.2. The Labute approximate surface area is 99.0 Å². The zero-order valence-corrected chi connectivity index (χ0v) is 11.2. The number of hydrogen-bond donors (Lipinski definition) is 1. The summed E-state index contributed by atoms with van der Waals surface area (Å²) < 4.78 is 5.09. The number of aliphatic hydroxyl groups is 1. The van der Waals surface area contributed by atoms with Gasteiger partial charge < -0.3 is 9.29 Å². The highest BCUT2D eigenvalue weighted by atomic mass is 32.2. The Balaban J connectivity index is 3.41. The summed E-state index contributed by atoms with van der Waals surface area (Å²) in [5, 5.41) is 9.56. The predicted molar refractivity (Wildman–Crippen MR) is 68.0 cm³/mol. The summed E-state index contributed by atoms with van der Waals surface area (Å²) in [6.45, 7) is 4.96. The van der Waals surface area contributed by atoms with E-state index >= 15 is 0 Å². The Morgan fingerprint density at radius 3 is 2.47 bits per heavy atom. The maximum atomic E-state index is 9.56. The smallest absolute Gasteiger partial charge is 0.0873 e. The van der Waals surface area contributed by atoms with Crippen LogP contribution in [-0.2, 0) is 4.18 Å². The summed E-state index contributed by atoms with van der Waals surface area (Å²) >= 11 is 1.32. The van der Waals surface area contributed by atoms with Crippen molar-refractivity contribution in [2.75, 3.05) is 12.9 Å². The van der Waals surface area contributed by atoms with Crippen LogP contribution in [0.4, 0.5) is 0 Å². The molecule has 0 spiro atoms. The molecule has 0 rings (SSSR count). The van der Waals surface area contributed by atoms with Crippen LogP contribution in [0.25, 0.3) is 0 Å². The van der Waals surface area contributed by atoms with Gasteiger partial charge in [0, 0.05) is 6.26 Å². The zero-order valence-electron chi connectivity index (χ0n) is 10.4. The Bertz CT molecular complexity index is 131. The summed E-state index contributed by atoms with van der Waals surface area (Å²) in [6.07, 6.45) is 8.71. The van der Waals surface area contributed by atoms with Crippen LogP contribution >= 0.6 is 12.0 Å². The third-order valence-electron chi connectivity index (χ3n) is 2.80. The van der Waals surface area contributed by atoms with Gasteiger partial charge in [-0.15, -0.1) is 0 Å². The van der Waals surface area contributed by atoms with E-state index in [9.17, 15) is 5.11 Å². The molecule has 0 aliphatic heterocycles. The van der Waals surface area contributed by atoms with Gasteiger partial charge in [-0.25, -0.2) is 0 Å². The van der Waals surface area contributed by atoms with E-state index < -0.39 is 0 Å². The highest BCUT2D eigenvalue weighted by molar-refractivity contribution is 7.93. The van der Waals surface area contributed by atoms with Gasteiger partial charge in [-0.1, -0.05) is 46.0 Å². The monoisotopic (exact) mass is 234 g/mol. The highest BCUT2D eigenvalue weighted by Gasteiger charge is 2.08. The molecule has 15 heavy (non-hydrogen) atoms. The Morgan fingerprint density at radius 2 is 1.93 bits per heavy atom. The standard InChI is InChI=1S/C12H26O2S/c1-4-7-11(5-2)8-6-9-12(13)10-14-15-3/h11-13H,4-10H2,1-3H3. The SMILES string of the molecule is CCCC(CC)CCCC(O)COSC. The van der Waals surface area contributed by atoms with Crippen molar-refractivity contribution in [1.29, 1.82) is 0 Å². The number of aliphatic hydroxyl groups excluding tert-OH is 1. The van der Waals surface area contributed by atoms with Gasteiger partial charge >= 0.3 is 0 Å². The quantitative estimate of drug-likeness (QED) is 0.585. The van der Waals surface area contributed by atoms with Gasteiger partial charge in [-0.05, 0) is 24.4 Å². The average molecular weight is 234 g/mol. The first-order valence-corrected chi connectivity index (χ1v) is 7.23. The van der Waals surface area contributed by atoms with E-state index in [1.165, 1.54) is 37.7 Å². The number of rotatable bonds is 10. The molecule has 0 saturated heterocycles. The molecule has 0 aromatic carbocycles. The van der Waals surface area contributed by atoms with Gasteiger partial charge in [0.25, 0.3) is 0 Å². The first kappa shape index (κ1) is 15.3. The fourth-order valence-corrected chi connectivity index (χ4v) is 2.13. The van der Waals surface area contributed by atoms with Gasteiger partial charge in [-0.2, -0.15) is 0 Å². The second-order valence-electron chi connectivity index (χ2n) is 4.10. The first-order chi connectivity index (χ1) is 7.24. The van der Waals surface area contributed by atoms with Crippen LogP contribution in [-0.4, -0.2) is 24.1 Å². The van der Waals surface area contributed by atoms with E-state index in [1.807, 2.05) is 6.26 Å². The highest BCUT2D eigenvalue weighted by Crippen LogP contribution is 2.18. The minimum atomic E-state index is -0.281. The van der Waals surface area contributed by atoms with Crippen molar-refractivity contribution in [3.63, 3.8) is 0 Å².